The number of benzene rings is 1. The van der Waals surface area contributed by atoms with Crippen molar-refractivity contribution in [2.24, 2.45) is 0 Å². The van der Waals surface area contributed by atoms with Crippen LogP contribution in [0.4, 0.5) is 0 Å². The predicted molar refractivity (Wildman–Crippen MR) is 64.2 cm³/mol. The highest BCUT2D eigenvalue weighted by Crippen LogP contribution is 2.21. The average molecular weight is 216 g/mol. The highest BCUT2D eigenvalue weighted by Gasteiger charge is 2.04. The lowest BCUT2D eigenvalue weighted by atomic mass is 10.1. The Morgan fingerprint density at radius 1 is 1.27 bits per heavy atom. The maximum absolute atomic E-state index is 5.21. The minimum absolute atomic E-state index is 0.690. The molecule has 2 aromatic rings. The minimum Gasteiger partial charge on any atom is -0.346 e. The number of aromatic amines is 1. The van der Waals surface area contributed by atoms with Gasteiger partial charge in [0, 0.05) is 5.56 Å². The molecule has 1 aromatic heterocycles. The van der Waals surface area contributed by atoms with Crippen LogP contribution in [0.1, 0.15) is 12.5 Å². The summed E-state index contributed by atoms with van der Waals surface area (Å²) >= 11 is 5.21. The number of hydrogen-bond donors (Lipinski definition) is 1. The summed E-state index contributed by atoms with van der Waals surface area (Å²) in [5, 5.41) is 0. The van der Waals surface area contributed by atoms with Crippen molar-refractivity contribution >= 4 is 12.2 Å². The molecule has 0 unspecified atom stereocenters. The summed E-state index contributed by atoms with van der Waals surface area (Å²) in [6.07, 6.45) is 2.55. The Labute approximate surface area is 94.0 Å². The third-order valence-electron chi connectivity index (χ3n) is 2.37. The second-order valence-electron chi connectivity index (χ2n) is 3.28. The number of hydrogen-bond acceptors (Lipinski definition) is 2. The zero-order valence-corrected chi connectivity index (χ0v) is 9.34. The van der Waals surface area contributed by atoms with Crippen LogP contribution in [0.15, 0.2) is 36.7 Å². The van der Waals surface area contributed by atoms with E-state index >= 15 is 0 Å². The van der Waals surface area contributed by atoms with Crippen LogP contribution in [0.3, 0.4) is 0 Å². The van der Waals surface area contributed by atoms with Gasteiger partial charge in [0.15, 0.2) is 0 Å². The molecule has 0 saturated heterocycles. The van der Waals surface area contributed by atoms with E-state index in [1.54, 1.807) is 6.33 Å². The SMILES string of the molecule is CCc1c(-c2ccccc2)[nH]cnc1=S. The molecule has 15 heavy (non-hydrogen) atoms. The standard InChI is InChI=1S/C12H12N2S/c1-2-10-11(13-8-14-12(10)15)9-6-4-3-5-7-9/h3-8H,2H2,1H3,(H,13,14,15). The second kappa shape index (κ2) is 4.36. The van der Waals surface area contributed by atoms with Gasteiger partial charge in [-0.3, -0.25) is 0 Å². The largest absolute Gasteiger partial charge is 0.346 e. The highest BCUT2D eigenvalue weighted by atomic mass is 32.1. The minimum atomic E-state index is 0.690. The Morgan fingerprint density at radius 3 is 2.67 bits per heavy atom. The molecule has 1 N–H and O–H groups in total. The summed E-state index contributed by atoms with van der Waals surface area (Å²) < 4.78 is 0.690. The Hall–Kier alpha value is -1.48. The summed E-state index contributed by atoms with van der Waals surface area (Å²) in [6, 6.07) is 10.2. The number of rotatable bonds is 2. The Kier molecular flexibility index (Phi) is 2.92. The van der Waals surface area contributed by atoms with Crippen LogP contribution in [0.25, 0.3) is 11.3 Å². The van der Waals surface area contributed by atoms with Crippen LogP contribution in [0.2, 0.25) is 0 Å². The summed E-state index contributed by atoms with van der Waals surface area (Å²) in [6.45, 7) is 2.09. The first kappa shape index (κ1) is 10.1. The van der Waals surface area contributed by atoms with Gasteiger partial charge < -0.3 is 4.98 Å². The molecule has 0 fully saturated rings. The molecule has 76 valence electrons. The van der Waals surface area contributed by atoms with E-state index in [1.807, 2.05) is 18.2 Å². The van der Waals surface area contributed by atoms with E-state index in [2.05, 4.69) is 29.0 Å². The first-order valence-electron chi connectivity index (χ1n) is 4.95. The van der Waals surface area contributed by atoms with E-state index in [0.29, 0.717) is 4.64 Å². The van der Waals surface area contributed by atoms with Gasteiger partial charge >= 0.3 is 0 Å². The lowest BCUT2D eigenvalue weighted by Crippen LogP contribution is -1.94. The van der Waals surface area contributed by atoms with Gasteiger partial charge in [0.05, 0.1) is 12.0 Å². The van der Waals surface area contributed by atoms with Gasteiger partial charge in [0.2, 0.25) is 0 Å². The third-order valence-corrected chi connectivity index (χ3v) is 2.72. The van der Waals surface area contributed by atoms with Gasteiger partial charge in [-0.2, -0.15) is 0 Å². The molecule has 0 radical (unpaired) electrons. The molecule has 0 bridgehead atoms. The van der Waals surface area contributed by atoms with Crippen molar-refractivity contribution in [1.82, 2.24) is 9.97 Å². The number of H-pyrrole nitrogens is 1. The molecule has 2 nitrogen and oxygen atoms in total. The fourth-order valence-corrected chi connectivity index (χ4v) is 1.92. The van der Waals surface area contributed by atoms with Gasteiger partial charge in [0.1, 0.15) is 4.64 Å². The molecule has 1 heterocycles. The van der Waals surface area contributed by atoms with Gasteiger partial charge in [-0.15, -0.1) is 0 Å². The van der Waals surface area contributed by atoms with Crippen molar-refractivity contribution in [3.8, 4) is 11.3 Å². The van der Waals surface area contributed by atoms with Gasteiger partial charge in [0.25, 0.3) is 0 Å². The van der Waals surface area contributed by atoms with Crippen LogP contribution < -0.4 is 0 Å². The second-order valence-corrected chi connectivity index (χ2v) is 3.67. The normalized spacial score (nSPS) is 10.2. The molecule has 0 spiro atoms. The quantitative estimate of drug-likeness (QED) is 0.780. The lowest BCUT2D eigenvalue weighted by molar-refractivity contribution is 1.04. The molecule has 0 aliphatic carbocycles. The Balaban J connectivity index is 2.63. The van der Waals surface area contributed by atoms with E-state index in [-0.39, 0.29) is 0 Å². The first-order chi connectivity index (χ1) is 7.33. The topological polar surface area (TPSA) is 28.7 Å². The van der Waals surface area contributed by atoms with Crippen LogP contribution in [0, 0.1) is 4.64 Å². The number of aromatic nitrogens is 2. The van der Waals surface area contributed by atoms with E-state index in [4.69, 9.17) is 12.2 Å². The molecule has 0 amide bonds. The van der Waals surface area contributed by atoms with E-state index in [9.17, 15) is 0 Å². The van der Waals surface area contributed by atoms with Crippen molar-refractivity contribution in [2.45, 2.75) is 13.3 Å². The van der Waals surface area contributed by atoms with E-state index in [1.165, 1.54) is 0 Å². The molecular weight excluding hydrogens is 204 g/mol. The first-order valence-corrected chi connectivity index (χ1v) is 5.35. The molecule has 0 atom stereocenters. The third kappa shape index (κ3) is 1.97. The zero-order chi connectivity index (χ0) is 10.7. The Morgan fingerprint density at radius 2 is 2.00 bits per heavy atom. The predicted octanol–water partition coefficient (Wildman–Crippen LogP) is 3.37. The summed E-state index contributed by atoms with van der Waals surface area (Å²) in [5.74, 6) is 0. The van der Waals surface area contributed by atoms with Crippen LogP contribution >= 0.6 is 12.2 Å². The Bertz CT molecular complexity index is 503. The summed E-state index contributed by atoms with van der Waals surface area (Å²) in [5.41, 5.74) is 3.35. The fraction of sp³-hybridized carbons (Fsp3) is 0.167. The maximum atomic E-state index is 5.21. The van der Waals surface area contributed by atoms with Crippen molar-refractivity contribution in [3.05, 3.63) is 46.9 Å². The fourth-order valence-electron chi connectivity index (χ4n) is 1.62. The lowest BCUT2D eigenvalue weighted by Gasteiger charge is -2.06. The molecule has 2 rings (SSSR count). The van der Waals surface area contributed by atoms with Gasteiger partial charge in [-0.05, 0) is 12.0 Å². The average Bonchev–Trinajstić information content (AvgIpc) is 2.30. The number of nitrogens with zero attached hydrogens (tertiary/aromatic N) is 1. The summed E-state index contributed by atoms with van der Waals surface area (Å²) in [7, 11) is 0. The van der Waals surface area contributed by atoms with E-state index in [0.717, 1.165) is 23.2 Å². The number of nitrogens with one attached hydrogen (secondary N) is 1. The van der Waals surface area contributed by atoms with Crippen molar-refractivity contribution in [2.75, 3.05) is 0 Å². The zero-order valence-electron chi connectivity index (χ0n) is 8.53. The molecule has 1 aromatic carbocycles. The van der Waals surface area contributed by atoms with Gasteiger partial charge in [-0.25, -0.2) is 4.98 Å². The van der Waals surface area contributed by atoms with Crippen molar-refractivity contribution in [1.29, 1.82) is 0 Å². The van der Waals surface area contributed by atoms with Crippen molar-refractivity contribution < 1.29 is 0 Å². The van der Waals surface area contributed by atoms with Crippen LogP contribution in [0.5, 0.6) is 0 Å². The molecule has 0 saturated carbocycles. The van der Waals surface area contributed by atoms with Crippen LogP contribution in [-0.2, 0) is 6.42 Å². The molecule has 3 heteroatoms. The van der Waals surface area contributed by atoms with Crippen LogP contribution in [-0.4, -0.2) is 9.97 Å². The monoisotopic (exact) mass is 216 g/mol. The van der Waals surface area contributed by atoms with Gasteiger partial charge in [-0.1, -0.05) is 49.5 Å². The smallest absolute Gasteiger partial charge is 0.133 e. The highest BCUT2D eigenvalue weighted by molar-refractivity contribution is 7.71. The maximum Gasteiger partial charge on any atom is 0.133 e. The van der Waals surface area contributed by atoms with E-state index < -0.39 is 0 Å². The molecule has 0 aliphatic rings. The van der Waals surface area contributed by atoms with Crippen molar-refractivity contribution in [3.63, 3.8) is 0 Å². The molecular formula is C12H12N2S. The summed E-state index contributed by atoms with van der Waals surface area (Å²) in [4.78, 5) is 7.26. The molecule has 0 aliphatic heterocycles.